The summed E-state index contributed by atoms with van der Waals surface area (Å²) in [6.45, 7) is 1.89. The van der Waals surface area contributed by atoms with Crippen LogP contribution in [-0.2, 0) is 0 Å². The van der Waals surface area contributed by atoms with E-state index in [1.807, 2.05) is 6.92 Å². The molecule has 0 atom stereocenters. The van der Waals surface area contributed by atoms with E-state index in [0.29, 0.717) is 34.1 Å². The lowest BCUT2D eigenvalue weighted by Gasteiger charge is -2.10. The molecule has 0 saturated carbocycles. The van der Waals surface area contributed by atoms with Crippen LogP contribution in [0.25, 0.3) is 5.03 Å². The fourth-order valence-corrected chi connectivity index (χ4v) is 1.76. The molecule has 4 heteroatoms. The van der Waals surface area contributed by atoms with Gasteiger partial charge in [0.2, 0.25) is 0 Å². The molecule has 0 radical (unpaired) electrons. The zero-order valence-electron chi connectivity index (χ0n) is 10.1. The molecule has 0 amide bonds. The highest BCUT2D eigenvalue weighted by atomic mass is 35.5. The minimum absolute atomic E-state index is 0.425. The Morgan fingerprint density at radius 3 is 2.53 bits per heavy atom. The second-order valence-electron chi connectivity index (χ2n) is 3.32. The number of hydrogen-bond donors (Lipinski definition) is 0. The first-order valence-electron chi connectivity index (χ1n) is 5.19. The molecule has 0 N–H and O–H groups in total. The predicted octanol–water partition coefficient (Wildman–Crippen LogP) is 3.59. The van der Waals surface area contributed by atoms with Crippen LogP contribution in [0.1, 0.15) is 18.9 Å². The molecule has 0 heterocycles. The minimum atomic E-state index is 0.425. The van der Waals surface area contributed by atoms with Gasteiger partial charge in [-0.2, -0.15) is 5.26 Å². The zero-order chi connectivity index (χ0) is 12.8. The summed E-state index contributed by atoms with van der Waals surface area (Å²) in [7, 11) is 3.14. The Balaban J connectivity index is 3.32. The average Bonchev–Trinajstić information content (AvgIpc) is 2.39. The number of allylic oxidation sites excluding steroid dienone is 1. The lowest BCUT2D eigenvalue weighted by molar-refractivity contribution is 0.393. The molecular weight excluding hydrogens is 238 g/mol. The van der Waals surface area contributed by atoms with Crippen LogP contribution in [0.15, 0.2) is 23.8 Å². The van der Waals surface area contributed by atoms with Crippen molar-refractivity contribution in [2.24, 2.45) is 0 Å². The van der Waals surface area contributed by atoms with Gasteiger partial charge in [-0.3, -0.25) is 0 Å². The highest BCUT2D eigenvalue weighted by Gasteiger charge is 2.11. The molecule has 0 aliphatic carbocycles. The first kappa shape index (κ1) is 13.4. The molecule has 0 saturated heterocycles. The number of nitrogens with zero attached hydrogens (tertiary/aromatic N) is 1. The quantitative estimate of drug-likeness (QED) is 0.768. The smallest absolute Gasteiger partial charge is 0.131 e. The monoisotopic (exact) mass is 251 g/mol. The maximum atomic E-state index is 8.96. The Bertz CT molecular complexity index is 475. The number of rotatable bonds is 4. The third kappa shape index (κ3) is 2.92. The summed E-state index contributed by atoms with van der Waals surface area (Å²) in [4.78, 5) is 0. The molecule has 17 heavy (non-hydrogen) atoms. The number of methoxy groups -OCH3 is 2. The van der Waals surface area contributed by atoms with Gasteiger partial charge in [0.15, 0.2) is 0 Å². The van der Waals surface area contributed by atoms with Crippen LogP contribution in [0.4, 0.5) is 0 Å². The van der Waals surface area contributed by atoms with Gasteiger partial charge in [0.05, 0.1) is 25.3 Å². The van der Waals surface area contributed by atoms with Crippen molar-refractivity contribution >= 4 is 16.6 Å². The van der Waals surface area contributed by atoms with Crippen molar-refractivity contribution in [2.75, 3.05) is 14.2 Å². The van der Waals surface area contributed by atoms with E-state index in [1.165, 1.54) is 0 Å². The number of hydrogen-bond acceptors (Lipinski definition) is 3. The Labute approximate surface area is 106 Å². The molecule has 1 rings (SSSR count). The highest BCUT2D eigenvalue weighted by molar-refractivity contribution is 6.49. The Kier molecular flexibility index (Phi) is 4.86. The predicted molar refractivity (Wildman–Crippen MR) is 68.2 cm³/mol. The van der Waals surface area contributed by atoms with Crippen LogP contribution >= 0.6 is 11.6 Å². The van der Waals surface area contributed by atoms with E-state index in [4.69, 9.17) is 26.3 Å². The fourth-order valence-electron chi connectivity index (χ4n) is 1.43. The molecule has 1 aromatic carbocycles. The van der Waals surface area contributed by atoms with Gasteiger partial charge in [0.25, 0.3) is 0 Å². The van der Waals surface area contributed by atoms with Crippen LogP contribution in [0, 0.1) is 11.3 Å². The molecule has 0 spiro atoms. The van der Waals surface area contributed by atoms with E-state index in [0.717, 1.165) is 0 Å². The fraction of sp³-hybridized carbons (Fsp3) is 0.308. The van der Waals surface area contributed by atoms with E-state index in [-0.39, 0.29) is 0 Å². The first-order valence-corrected chi connectivity index (χ1v) is 5.56. The van der Waals surface area contributed by atoms with E-state index in [2.05, 4.69) is 6.07 Å². The Morgan fingerprint density at radius 1 is 1.35 bits per heavy atom. The maximum Gasteiger partial charge on any atom is 0.131 e. The summed E-state index contributed by atoms with van der Waals surface area (Å²) in [5, 5.41) is 9.39. The highest BCUT2D eigenvalue weighted by Crippen LogP contribution is 2.34. The SMILES string of the molecule is CCC(C#N)=C(Cl)c1ccc(OC)cc1OC. The molecule has 90 valence electrons. The molecule has 0 aromatic heterocycles. The maximum absolute atomic E-state index is 8.96. The van der Waals surface area contributed by atoms with Crippen molar-refractivity contribution < 1.29 is 9.47 Å². The lowest BCUT2D eigenvalue weighted by atomic mass is 10.1. The van der Waals surface area contributed by atoms with Crippen LogP contribution in [0.3, 0.4) is 0 Å². The van der Waals surface area contributed by atoms with Crippen molar-refractivity contribution in [1.82, 2.24) is 0 Å². The molecule has 0 unspecified atom stereocenters. The van der Waals surface area contributed by atoms with Crippen molar-refractivity contribution in [3.8, 4) is 17.6 Å². The third-order valence-electron chi connectivity index (χ3n) is 2.40. The minimum Gasteiger partial charge on any atom is -0.497 e. The molecule has 0 bridgehead atoms. The first-order chi connectivity index (χ1) is 8.17. The second kappa shape index (κ2) is 6.17. The molecule has 0 fully saturated rings. The Morgan fingerprint density at radius 2 is 2.06 bits per heavy atom. The van der Waals surface area contributed by atoms with Crippen molar-refractivity contribution in [1.29, 1.82) is 5.26 Å². The van der Waals surface area contributed by atoms with Crippen LogP contribution in [0.2, 0.25) is 0 Å². The van der Waals surface area contributed by atoms with Gasteiger partial charge in [-0.15, -0.1) is 0 Å². The Hall–Kier alpha value is -1.66. The summed E-state index contributed by atoms with van der Waals surface area (Å²) in [6, 6.07) is 7.40. The van der Waals surface area contributed by atoms with Gasteiger partial charge < -0.3 is 9.47 Å². The van der Waals surface area contributed by atoms with Crippen molar-refractivity contribution in [2.45, 2.75) is 13.3 Å². The molecule has 0 aliphatic heterocycles. The van der Waals surface area contributed by atoms with Gasteiger partial charge in [-0.05, 0) is 18.6 Å². The van der Waals surface area contributed by atoms with Gasteiger partial charge in [-0.1, -0.05) is 18.5 Å². The van der Waals surface area contributed by atoms with Crippen molar-refractivity contribution in [3.05, 3.63) is 29.3 Å². The summed E-state index contributed by atoms with van der Waals surface area (Å²) in [5.41, 5.74) is 1.24. The second-order valence-corrected chi connectivity index (χ2v) is 3.70. The van der Waals surface area contributed by atoms with E-state index < -0.39 is 0 Å². The van der Waals surface area contributed by atoms with E-state index >= 15 is 0 Å². The standard InChI is InChI=1S/C13H14ClNO2/c1-4-9(8-15)13(14)11-6-5-10(16-2)7-12(11)17-3/h5-7H,4H2,1-3H3. The van der Waals surface area contributed by atoms with Gasteiger partial charge in [0.1, 0.15) is 11.5 Å². The van der Waals surface area contributed by atoms with Gasteiger partial charge in [-0.25, -0.2) is 0 Å². The lowest BCUT2D eigenvalue weighted by Crippen LogP contribution is -1.93. The van der Waals surface area contributed by atoms with Crippen LogP contribution in [-0.4, -0.2) is 14.2 Å². The largest absolute Gasteiger partial charge is 0.497 e. The van der Waals surface area contributed by atoms with Gasteiger partial charge in [0, 0.05) is 17.2 Å². The van der Waals surface area contributed by atoms with Gasteiger partial charge >= 0.3 is 0 Å². The zero-order valence-corrected chi connectivity index (χ0v) is 10.8. The summed E-state index contributed by atoms with van der Waals surface area (Å²) in [6.07, 6.45) is 0.588. The normalized spacial score (nSPS) is 11.5. The number of benzene rings is 1. The molecule has 0 aliphatic rings. The van der Waals surface area contributed by atoms with E-state index in [1.54, 1.807) is 32.4 Å². The van der Waals surface area contributed by atoms with Crippen LogP contribution in [0.5, 0.6) is 11.5 Å². The summed E-state index contributed by atoms with van der Waals surface area (Å²) >= 11 is 6.19. The summed E-state index contributed by atoms with van der Waals surface area (Å²) < 4.78 is 10.3. The number of ether oxygens (including phenoxy) is 2. The third-order valence-corrected chi connectivity index (χ3v) is 2.83. The van der Waals surface area contributed by atoms with Crippen LogP contribution < -0.4 is 9.47 Å². The number of halogens is 1. The molecule has 1 aromatic rings. The van der Waals surface area contributed by atoms with Crippen molar-refractivity contribution in [3.63, 3.8) is 0 Å². The topological polar surface area (TPSA) is 42.2 Å². The summed E-state index contributed by atoms with van der Waals surface area (Å²) in [5.74, 6) is 1.28. The average molecular weight is 252 g/mol. The molecule has 3 nitrogen and oxygen atoms in total. The molecular formula is C13H14ClNO2. The number of nitriles is 1. The van der Waals surface area contributed by atoms with E-state index in [9.17, 15) is 0 Å².